The first-order valence-corrected chi connectivity index (χ1v) is 8.72. The van der Waals surface area contributed by atoms with E-state index in [9.17, 15) is 9.90 Å². The molecule has 0 radical (unpaired) electrons. The van der Waals surface area contributed by atoms with E-state index in [1.807, 2.05) is 54.3 Å². The molecule has 1 aromatic carbocycles. The van der Waals surface area contributed by atoms with Gasteiger partial charge >= 0.3 is 0 Å². The minimum absolute atomic E-state index is 0.0949. The highest BCUT2D eigenvalue weighted by Crippen LogP contribution is 2.46. The Morgan fingerprint density at radius 3 is 2.42 bits per heavy atom. The molecule has 2 saturated heterocycles. The highest BCUT2D eigenvalue weighted by atomic mass is 16.4. The molecular formula is C20H23NO3. The van der Waals surface area contributed by atoms with Crippen LogP contribution in [0.4, 0.5) is 0 Å². The second kappa shape index (κ2) is 5.78. The molecule has 1 amide bonds. The maximum Gasteiger partial charge on any atom is 0.230 e. The molecule has 0 spiro atoms. The topological polar surface area (TPSA) is 53.7 Å². The lowest BCUT2D eigenvalue weighted by molar-refractivity contribution is -0.144. The number of piperidine rings is 1. The molecule has 2 aliphatic heterocycles. The van der Waals surface area contributed by atoms with E-state index in [0.717, 1.165) is 18.4 Å². The lowest BCUT2D eigenvalue weighted by atomic mass is 9.83. The maximum atomic E-state index is 13.1. The summed E-state index contributed by atoms with van der Waals surface area (Å²) >= 11 is 0. The standard InChI is InChI=1S/C20H23NO3/c1-14(15-6-3-2-4-7-15)19(22)21-16-9-10-17(21)13-20(23,12-16)18-8-5-11-24-18/h2-8,11,14,16-17,23H,9-10,12-13H2,1H3/t14-,16-,17-/m1/s1. The van der Waals surface area contributed by atoms with Crippen molar-refractivity contribution >= 4 is 5.91 Å². The Bertz CT molecular complexity index is 696. The summed E-state index contributed by atoms with van der Waals surface area (Å²) in [4.78, 5) is 15.1. The molecule has 2 bridgehead atoms. The molecule has 2 aliphatic rings. The van der Waals surface area contributed by atoms with Crippen LogP contribution in [0.5, 0.6) is 0 Å². The average molecular weight is 325 g/mol. The Hall–Kier alpha value is -2.07. The van der Waals surface area contributed by atoms with Crippen molar-refractivity contribution in [3.63, 3.8) is 0 Å². The van der Waals surface area contributed by atoms with Crippen LogP contribution in [0.1, 0.15) is 49.8 Å². The van der Waals surface area contributed by atoms with Crippen LogP contribution in [0.15, 0.2) is 53.1 Å². The summed E-state index contributed by atoms with van der Waals surface area (Å²) in [6, 6.07) is 13.8. The van der Waals surface area contributed by atoms with E-state index in [1.54, 1.807) is 6.26 Å². The van der Waals surface area contributed by atoms with Crippen molar-refractivity contribution in [3.05, 3.63) is 60.1 Å². The summed E-state index contributed by atoms with van der Waals surface area (Å²) in [6.45, 7) is 1.98. The number of nitrogens with zero attached hydrogens (tertiary/aromatic N) is 1. The fourth-order valence-corrected chi connectivity index (χ4v) is 4.44. The molecule has 24 heavy (non-hydrogen) atoms. The molecule has 126 valence electrons. The molecule has 3 heterocycles. The van der Waals surface area contributed by atoms with Gasteiger partial charge in [0.2, 0.25) is 5.91 Å². The van der Waals surface area contributed by atoms with Gasteiger partial charge in [-0.3, -0.25) is 4.79 Å². The molecule has 2 fully saturated rings. The van der Waals surface area contributed by atoms with E-state index < -0.39 is 5.60 Å². The number of fused-ring (bicyclic) bond motifs is 2. The van der Waals surface area contributed by atoms with Gasteiger partial charge in [0.15, 0.2) is 0 Å². The number of aliphatic hydroxyl groups is 1. The Morgan fingerprint density at radius 2 is 1.83 bits per heavy atom. The molecule has 0 unspecified atom stereocenters. The van der Waals surface area contributed by atoms with Crippen LogP contribution < -0.4 is 0 Å². The van der Waals surface area contributed by atoms with Gasteiger partial charge < -0.3 is 14.4 Å². The Morgan fingerprint density at radius 1 is 1.17 bits per heavy atom. The Kier molecular flexibility index (Phi) is 3.72. The normalized spacial score (nSPS) is 30.3. The molecule has 1 aromatic heterocycles. The largest absolute Gasteiger partial charge is 0.466 e. The first-order valence-electron chi connectivity index (χ1n) is 8.72. The van der Waals surface area contributed by atoms with Gasteiger partial charge in [0.25, 0.3) is 0 Å². The van der Waals surface area contributed by atoms with Crippen molar-refractivity contribution in [2.24, 2.45) is 0 Å². The van der Waals surface area contributed by atoms with Gasteiger partial charge in [0.1, 0.15) is 11.4 Å². The number of benzene rings is 1. The maximum absolute atomic E-state index is 13.1. The number of rotatable bonds is 3. The highest BCUT2D eigenvalue weighted by molar-refractivity contribution is 5.84. The van der Waals surface area contributed by atoms with Crippen LogP contribution in [0.3, 0.4) is 0 Å². The van der Waals surface area contributed by atoms with E-state index in [1.165, 1.54) is 0 Å². The van der Waals surface area contributed by atoms with E-state index in [-0.39, 0.29) is 23.9 Å². The highest BCUT2D eigenvalue weighted by Gasteiger charge is 2.51. The molecule has 4 heteroatoms. The lowest BCUT2D eigenvalue weighted by Gasteiger charge is -2.43. The minimum Gasteiger partial charge on any atom is -0.466 e. The number of hydrogen-bond acceptors (Lipinski definition) is 3. The summed E-state index contributed by atoms with van der Waals surface area (Å²) in [7, 11) is 0. The summed E-state index contributed by atoms with van der Waals surface area (Å²) in [5.41, 5.74) is 0.107. The molecule has 0 saturated carbocycles. The van der Waals surface area contributed by atoms with Gasteiger partial charge in [0.05, 0.1) is 12.2 Å². The third-order valence-electron chi connectivity index (χ3n) is 5.67. The van der Waals surface area contributed by atoms with Gasteiger partial charge in [-0.2, -0.15) is 0 Å². The van der Waals surface area contributed by atoms with E-state index >= 15 is 0 Å². The number of carbonyl (C=O) groups excluding carboxylic acids is 1. The van der Waals surface area contributed by atoms with Crippen LogP contribution in [-0.2, 0) is 10.4 Å². The van der Waals surface area contributed by atoms with Crippen molar-refractivity contribution in [1.82, 2.24) is 4.90 Å². The van der Waals surface area contributed by atoms with E-state index in [2.05, 4.69) is 0 Å². The van der Waals surface area contributed by atoms with Crippen molar-refractivity contribution in [2.45, 2.75) is 56.2 Å². The van der Waals surface area contributed by atoms with Crippen molar-refractivity contribution in [2.75, 3.05) is 0 Å². The van der Waals surface area contributed by atoms with Crippen molar-refractivity contribution < 1.29 is 14.3 Å². The third kappa shape index (κ3) is 2.46. The number of furan rings is 1. The SMILES string of the molecule is C[C@@H](C(=O)N1[C@@H]2CC[C@@H]1CC(O)(c1ccco1)C2)c1ccccc1. The zero-order chi connectivity index (χ0) is 16.7. The summed E-state index contributed by atoms with van der Waals surface area (Å²) in [5, 5.41) is 11.0. The second-order valence-electron chi connectivity index (χ2n) is 7.18. The lowest BCUT2D eigenvalue weighted by Crippen LogP contribution is -2.52. The fourth-order valence-electron chi connectivity index (χ4n) is 4.44. The summed E-state index contributed by atoms with van der Waals surface area (Å²) in [5.74, 6) is 0.655. The Balaban J connectivity index is 1.55. The average Bonchev–Trinajstić information content (AvgIpc) is 3.23. The van der Waals surface area contributed by atoms with Crippen molar-refractivity contribution in [3.8, 4) is 0 Å². The van der Waals surface area contributed by atoms with Gasteiger partial charge in [-0.1, -0.05) is 30.3 Å². The van der Waals surface area contributed by atoms with Gasteiger partial charge in [0, 0.05) is 24.9 Å². The van der Waals surface area contributed by atoms with Crippen LogP contribution in [-0.4, -0.2) is 28.0 Å². The quantitative estimate of drug-likeness (QED) is 0.941. The zero-order valence-corrected chi connectivity index (χ0v) is 13.9. The van der Waals surface area contributed by atoms with Gasteiger partial charge in [-0.15, -0.1) is 0 Å². The predicted octanol–water partition coefficient (Wildman–Crippen LogP) is 3.42. The first-order chi connectivity index (χ1) is 11.6. The van der Waals surface area contributed by atoms with Crippen LogP contribution in [0.25, 0.3) is 0 Å². The van der Waals surface area contributed by atoms with Crippen molar-refractivity contribution in [1.29, 1.82) is 0 Å². The van der Waals surface area contributed by atoms with Gasteiger partial charge in [-0.05, 0) is 37.5 Å². The molecule has 3 atom stereocenters. The minimum atomic E-state index is -0.942. The number of amides is 1. The summed E-state index contributed by atoms with van der Waals surface area (Å²) in [6.07, 6.45) is 4.64. The number of carbonyl (C=O) groups is 1. The predicted molar refractivity (Wildman–Crippen MR) is 90.4 cm³/mol. The molecule has 1 N–H and O–H groups in total. The summed E-state index contributed by atoms with van der Waals surface area (Å²) < 4.78 is 5.46. The van der Waals surface area contributed by atoms with Crippen LogP contribution in [0, 0.1) is 0 Å². The third-order valence-corrected chi connectivity index (χ3v) is 5.67. The smallest absolute Gasteiger partial charge is 0.230 e. The van der Waals surface area contributed by atoms with E-state index in [4.69, 9.17) is 4.42 Å². The molecule has 2 aromatic rings. The van der Waals surface area contributed by atoms with Crippen LogP contribution in [0.2, 0.25) is 0 Å². The number of hydrogen-bond donors (Lipinski definition) is 1. The fraction of sp³-hybridized carbons (Fsp3) is 0.450. The van der Waals surface area contributed by atoms with Gasteiger partial charge in [-0.25, -0.2) is 0 Å². The second-order valence-corrected chi connectivity index (χ2v) is 7.18. The monoisotopic (exact) mass is 325 g/mol. The first kappa shape index (κ1) is 15.5. The molecule has 4 rings (SSSR count). The van der Waals surface area contributed by atoms with E-state index in [0.29, 0.717) is 18.6 Å². The van der Waals surface area contributed by atoms with Crippen LogP contribution >= 0.6 is 0 Å². The molecular weight excluding hydrogens is 302 g/mol. The Labute approximate surface area is 142 Å². The molecule has 4 nitrogen and oxygen atoms in total. The zero-order valence-electron chi connectivity index (χ0n) is 13.9. The molecule has 0 aliphatic carbocycles.